The lowest BCUT2D eigenvalue weighted by molar-refractivity contribution is -0.115. The highest BCUT2D eigenvalue weighted by molar-refractivity contribution is 7.92. The molecule has 0 radical (unpaired) electrons. The predicted octanol–water partition coefficient (Wildman–Crippen LogP) is 3.94. The Morgan fingerprint density at radius 1 is 1.09 bits per heavy atom. The van der Waals surface area contributed by atoms with Gasteiger partial charge in [0.2, 0.25) is 5.91 Å². The number of rotatable bonds is 5. The van der Waals surface area contributed by atoms with E-state index in [1.807, 2.05) is 0 Å². The highest BCUT2D eigenvalue weighted by atomic mass is 35.5. The van der Waals surface area contributed by atoms with Crippen LogP contribution < -0.4 is 5.32 Å². The highest BCUT2D eigenvalue weighted by Crippen LogP contribution is 2.24. The molecule has 1 N–H and O–H groups in total. The monoisotopic (exact) mass is 371 g/mol. The Labute approximate surface area is 145 Å². The van der Waals surface area contributed by atoms with Crippen molar-refractivity contribution in [1.82, 2.24) is 0 Å². The van der Waals surface area contributed by atoms with Gasteiger partial charge < -0.3 is 5.32 Å². The lowest BCUT2D eigenvalue weighted by atomic mass is 10.2. The number of carbonyl (C=O) groups excluding carboxylic acids is 1. The van der Waals surface area contributed by atoms with E-state index in [4.69, 9.17) is 23.2 Å². The lowest BCUT2D eigenvalue weighted by Gasteiger charge is -2.13. The number of nitrogens with one attached hydrogen (secondary N) is 1. The summed E-state index contributed by atoms with van der Waals surface area (Å²) in [5, 5.41) is 2.03. The number of sulfone groups is 1. The van der Waals surface area contributed by atoms with E-state index in [0.717, 1.165) is 0 Å². The third kappa shape index (κ3) is 4.70. The average molecular weight is 372 g/mol. The molecule has 0 saturated heterocycles. The number of hydrogen-bond acceptors (Lipinski definition) is 3. The molecule has 0 aliphatic heterocycles. The minimum Gasteiger partial charge on any atom is -0.325 e. The normalized spacial score (nSPS) is 12.7. The van der Waals surface area contributed by atoms with Crippen LogP contribution in [0.5, 0.6) is 0 Å². The molecule has 0 aliphatic carbocycles. The molecule has 4 nitrogen and oxygen atoms in total. The molecule has 7 heteroatoms. The SMILES string of the molecule is CC(C(=O)Nc1ccccc1)S(=O)(=O)Cc1ccc(Cl)c(Cl)c1. The summed E-state index contributed by atoms with van der Waals surface area (Å²) in [4.78, 5) is 12.1. The van der Waals surface area contributed by atoms with Crippen LogP contribution in [0.4, 0.5) is 5.69 Å². The predicted molar refractivity (Wildman–Crippen MR) is 93.6 cm³/mol. The number of anilines is 1. The first-order valence-electron chi connectivity index (χ1n) is 6.81. The summed E-state index contributed by atoms with van der Waals surface area (Å²) in [5.74, 6) is -0.857. The number of carbonyl (C=O) groups is 1. The van der Waals surface area contributed by atoms with Crippen molar-refractivity contribution in [2.45, 2.75) is 17.9 Å². The molecule has 1 atom stereocenters. The molecule has 2 aromatic carbocycles. The van der Waals surface area contributed by atoms with Crippen molar-refractivity contribution in [3.63, 3.8) is 0 Å². The van der Waals surface area contributed by atoms with Gasteiger partial charge in [0.25, 0.3) is 0 Å². The standard InChI is InChI=1S/C16H15Cl2NO3S/c1-11(16(20)19-13-5-3-2-4-6-13)23(21,22)10-12-7-8-14(17)15(18)9-12/h2-9,11H,10H2,1H3,(H,19,20). The Kier molecular flexibility index (Phi) is 5.68. The van der Waals surface area contributed by atoms with E-state index in [1.54, 1.807) is 36.4 Å². The van der Waals surface area contributed by atoms with Gasteiger partial charge in [0, 0.05) is 5.69 Å². The van der Waals surface area contributed by atoms with Crippen LogP contribution in [0.25, 0.3) is 0 Å². The summed E-state index contributed by atoms with van der Waals surface area (Å²) in [6, 6.07) is 13.3. The van der Waals surface area contributed by atoms with Crippen molar-refractivity contribution in [2.75, 3.05) is 5.32 Å². The molecule has 0 spiro atoms. The van der Waals surface area contributed by atoms with Crippen LogP contribution in [0.1, 0.15) is 12.5 Å². The second-order valence-corrected chi connectivity index (χ2v) is 8.19. The molecule has 122 valence electrons. The van der Waals surface area contributed by atoms with Crippen LogP contribution in [0.3, 0.4) is 0 Å². The molecule has 0 heterocycles. The lowest BCUT2D eigenvalue weighted by Crippen LogP contribution is -2.33. The second kappa shape index (κ2) is 7.34. The fourth-order valence-electron chi connectivity index (χ4n) is 1.92. The zero-order chi connectivity index (χ0) is 17.0. The van der Waals surface area contributed by atoms with Gasteiger partial charge in [-0.2, -0.15) is 0 Å². The van der Waals surface area contributed by atoms with Crippen LogP contribution in [0, 0.1) is 0 Å². The van der Waals surface area contributed by atoms with Gasteiger partial charge in [-0.1, -0.05) is 47.5 Å². The highest BCUT2D eigenvalue weighted by Gasteiger charge is 2.28. The van der Waals surface area contributed by atoms with Gasteiger partial charge in [0.05, 0.1) is 15.8 Å². The fourth-order valence-corrected chi connectivity index (χ4v) is 3.52. The van der Waals surface area contributed by atoms with Gasteiger partial charge in [0.1, 0.15) is 5.25 Å². The number of para-hydroxylation sites is 1. The molecule has 2 aromatic rings. The number of hydrogen-bond donors (Lipinski definition) is 1. The van der Waals surface area contributed by atoms with Crippen LogP contribution in [-0.4, -0.2) is 19.6 Å². The summed E-state index contributed by atoms with van der Waals surface area (Å²) >= 11 is 11.7. The third-order valence-electron chi connectivity index (χ3n) is 3.30. The van der Waals surface area contributed by atoms with Crippen molar-refractivity contribution in [1.29, 1.82) is 0 Å². The zero-order valence-electron chi connectivity index (χ0n) is 12.3. The van der Waals surface area contributed by atoms with Gasteiger partial charge in [-0.25, -0.2) is 8.42 Å². The van der Waals surface area contributed by atoms with Crippen molar-refractivity contribution in [2.24, 2.45) is 0 Å². The van der Waals surface area contributed by atoms with E-state index in [-0.39, 0.29) is 10.8 Å². The van der Waals surface area contributed by atoms with Gasteiger partial charge in [-0.15, -0.1) is 0 Å². The van der Waals surface area contributed by atoms with Gasteiger partial charge >= 0.3 is 0 Å². The molecule has 0 aliphatic rings. The van der Waals surface area contributed by atoms with Crippen molar-refractivity contribution < 1.29 is 13.2 Å². The summed E-state index contributed by atoms with van der Waals surface area (Å²) in [6.07, 6.45) is 0. The molecule has 0 bridgehead atoms. The van der Waals surface area contributed by atoms with E-state index in [0.29, 0.717) is 16.3 Å². The summed E-state index contributed by atoms with van der Waals surface area (Å²) < 4.78 is 24.8. The molecule has 0 saturated carbocycles. The number of benzene rings is 2. The zero-order valence-corrected chi connectivity index (χ0v) is 14.6. The Hall–Kier alpha value is -1.56. The minimum absolute atomic E-state index is 0.278. The smallest absolute Gasteiger partial charge is 0.242 e. The summed E-state index contributed by atoms with van der Waals surface area (Å²) in [5.41, 5.74) is 1.04. The first-order chi connectivity index (χ1) is 10.8. The molecule has 1 unspecified atom stereocenters. The van der Waals surface area contributed by atoms with E-state index in [9.17, 15) is 13.2 Å². The largest absolute Gasteiger partial charge is 0.325 e. The Morgan fingerprint density at radius 3 is 2.35 bits per heavy atom. The van der Waals surface area contributed by atoms with Crippen LogP contribution in [-0.2, 0) is 20.4 Å². The molecule has 0 fully saturated rings. The van der Waals surface area contributed by atoms with Crippen LogP contribution in [0.15, 0.2) is 48.5 Å². The van der Waals surface area contributed by atoms with Gasteiger partial charge in [-0.05, 0) is 36.8 Å². The van der Waals surface area contributed by atoms with Crippen molar-refractivity contribution in [3.05, 3.63) is 64.1 Å². The van der Waals surface area contributed by atoms with Gasteiger partial charge in [-0.3, -0.25) is 4.79 Å². The maximum atomic E-state index is 12.4. The first-order valence-corrected chi connectivity index (χ1v) is 9.28. The van der Waals surface area contributed by atoms with E-state index < -0.39 is 21.0 Å². The molecular formula is C16H15Cl2NO3S. The topological polar surface area (TPSA) is 63.2 Å². The van der Waals surface area contributed by atoms with Crippen molar-refractivity contribution in [3.8, 4) is 0 Å². The number of halogens is 2. The quantitative estimate of drug-likeness (QED) is 0.865. The van der Waals surface area contributed by atoms with Crippen LogP contribution >= 0.6 is 23.2 Å². The Bertz CT molecular complexity index is 807. The molecular weight excluding hydrogens is 357 g/mol. The van der Waals surface area contributed by atoms with Crippen molar-refractivity contribution >= 4 is 44.6 Å². The average Bonchev–Trinajstić information content (AvgIpc) is 2.51. The minimum atomic E-state index is -3.68. The van der Waals surface area contributed by atoms with Crippen LogP contribution in [0.2, 0.25) is 10.0 Å². The molecule has 23 heavy (non-hydrogen) atoms. The maximum Gasteiger partial charge on any atom is 0.242 e. The second-order valence-electron chi connectivity index (χ2n) is 5.05. The Balaban J connectivity index is 2.11. The first kappa shape index (κ1) is 17.8. The molecule has 2 rings (SSSR count). The summed E-state index contributed by atoms with van der Waals surface area (Å²) in [7, 11) is -3.68. The van der Waals surface area contributed by atoms with Gasteiger partial charge in [0.15, 0.2) is 9.84 Å². The summed E-state index contributed by atoms with van der Waals surface area (Å²) in [6.45, 7) is 1.37. The van der Waals surface area contributed by atoms with E-state index in [2.05, 4.69) is 5.32 Å². The number of amides is 1. The fraction of sp³-hybridized carbons (Fsp3) is 0.188. The van der Waals surface area contributed by atoms with E-state index in [1.165, 1.54) is 19.1 Å². The maximum absolute atomic E-state index is 12.4. The van der Waals surface area contributed by atoms with E-state index >= 15 is 0 Å². The third-order valence-corrected chi connectivity index (χ3v) is 6.07. The molecule has 1 amide bonds. The Morgan fingerprint density at radius 2 is 1.74 bits per heavy atom. The molecule has 0 aromatic heterocycles.